The van der Waals surface area contributed by atoms with E-state index in [4.69, 9.17) is 15.0 Å². The second-order valence-corrected chi connectivity index (χ2v) is 7.21. The molecule has 2 fully saturated rings. The van der Waals surface area contributed by atoms with Crippen molar-refractivity contribution in [3.63, 3.8) is 0 Å². The predicted molar refractivity (Wildman–Crippen MR) is 98.1 cm³/mol. The molecule has 2 aliphatic rings. The number of nitrogens with zero attached hydrogens (tertiary/aromatic N) is 5. The molecule has 0 N–H and O–H groups in total. The second-order valence-electron chi connectivity index (χ2n) is 7.21. The summed E-state index contributed by atoms with van der Waals surface area (Å²) < 4.78 is 5.81. The van der Waals surface area contributed by atoms with Gasteiger partial charge in [0.05, 0.1) is 6.61 Å². The lowest BCUT2D eigenvalue weighted by Gasteiger charge is -2.32. The highest BCUT2D eigenvalue weighted by Gasteiger charge is 2.28. The monoisotopic (exact) mass is 349 g/mol. The zero-order chi connectivity index (χ0) is 17.9. The SMILES string of the molecule is Cc1cc(N2CCC(COc3ncccc3C#N)CC2)nc(C2CC2)n1. The van der Waals surface area contributed by atoms with Crippen molar-refractivity contribution in [2.45, 2.75) is 38.5 Å². The van der Waals surface area contributed by atoms with E-state index < -0.39 is 0 Å². The quantitative estimate of drug-likeness (QED) is 0.825. The summed E-state index contributed by atoms with van der Waals surface area (Å²) in [6, 6.07) is 7.71. The lowest BCUT2D eigenvalue weighted by molar-refractivity contribution is 0.215. The topological polar surface area (TPSA) is 74.9 Å². The van der Waals surface area contributed by atoms with Gasteiger partial charge in [0.25, 0.3) is 0 Å². The lowest BCUT2D eigenvalue weighted by atomic mass is 9.98. The molecule has 0 unspecified atom stereocenters. The Morgan fingerprint density at radius 3 is 2.77 bits per heavy atom. The van der Waals surface area contributed by atoms with Crippen LogP contribution in [0.2, 0.25) is 0 Å². The third-order valence-corrected chi connectivity index (χ3v) is 5.09. The highest BCUT2D eigenvalue weighted by molar-refractivity contribution is 5.41. The number of piperidine rings is 1. The van der Waals surface area contributed by atoms with Gasteiger partial charge in [-0.05, 0) is 50.7 Å². The van der Waals surface area contributed by atoms with Gasteiger partial charge in [0, 0.05) is 37.0 Å². The van der Waals surface area contributed by atoms with Gasteiger partial charge >= 0.3 is 0 Å². The number of nitriles is 1. The first-order valence-corrected chi connectivity index (χ1v) is 9.31. The van der Waals surface area contributed by atoms with Gasteiger partial charge in [-0.3, -0.25) is 0 Å². The van der Waals surface area contributed by atoms with Crippen LogP contribution in [0, 0.1) is 24.2 Å². The molecule has 2 aromatic heterocycles. The van der Waals surface area contributed by atoms with Crippen molar-refractivity contribution in [3.05, 3.63) is 41.5 Å². The largest absolute Gasteiger partial charge is 0.476 e. The van der Waals surface area contributed by atoms with Crippen LogP contribution < -0.4 is 9.64 Å². The standard InChI is InChI=1S/C20H23N5O/c1-14-11-18(24-19(23-14)16-4-5-16)25-9-6-15(7-10-25)13-26-20-17(12-21)3-2-8-22-20/h2-3,8,11,15-16H,4-7,9-10,13H2,1H3. The number of rotatable bonds is 5. The van der Waals surface area contributed by atoms with E-state index in [1.165, 1.54) is 12.8 Å². The summed E-state index contributed by atoms with van der Waals surface area (Å²) in [7, 11) is 0. The molecule has 6 heteroatoms. The van der Waals surface area contributed by atoms with E-state index in [9.17, 15) is 0 Å². The molecule has 0 aromatic carbocycles. The first-order chi connectivity index (χ1) is 12.7. The van der Waals surface area contributed by atoms with Crippen molar-refractivity contribution in [2.75, 3.05) is 24.6 Å². The van der Waals surface area contributed by atoms with E-state index in [0.717, 1.165) is 43.3 Å². The summed E-state index contributed by atoms with van der Waals surface area (Å²) in [5, 5.41) is 9.12. The fraction of sp³-hybridized carbons (Fsp3) is 0.500. The summed E-state index contributed by atoms with van der Waals surface area (Å²) in [6.07, 6.45) is 6.21. The van der Waals surface area contributed by atoms with Crippen LogP contribution in [0.4, 0.5) is 5.82 Å². The van der Waals surface area contributed by atoms with Crippen LogP contribution in [0.15, 0.2) is 24.4 Å². The molecule has 0 spiro atoms. The molecule has 0 atom stereocenters. The molecule has 26 heavy (non-hydrogen) atoms. The third-order valence-electron chi connectivity index (χ3n) is 5.09. The van der Waals surface area contributed by atoms with E-state index in [1.54, 1.807) is 18.3 Å². The molecule has 3 heterocycles. The normalized spacial score (nSPS) is 17.8. The molecule has 0 amide bonds. The second kappa shape index (κ2) is 7.28. The van der Waals surface area contributed by atoms with Crippen LogP contribution in [0.5, 0.6) is 5.88 Å². The number of hydrogen-bond donors (Lipinski definition) is 0. The van der Waals surface area contributed by atoms with Crippen LogP contribution in [0.25, 0.3) is 0 Å². The van der Waals surface area contributed by atoms with Crippen molar-refractivity contribution in [2.24, 2.45) is 5.92 Å². The average Bonchev–Trinajstić information content (AvgIpc) is 3.52. The van der Waals surface area contributed by atoms with E-state index >= 15 is 0 Å². The maximum Gasteiger partial charge on any atom is 0.231 e. The summed E-state index contributed by atoms with van der Waals surface area (Å²) in [5.41, 5.74) is 1.55. The Morgan fingerprint density at radius 1 is 1.23 bits per heavy atom. The van der Waals surface area contributed by atoms with Crippen molar-refractivity contribution >= 4 is 5.82 Å². The molecule has 1 aliphatic carbocycles. The minimum Gasteiger partial charge on any atom is -0.476 e. The van der Waals surface area contributed by atoms with E-state index in [0.29, 0.717) is 29.9 Å². The molecular weight excluding hydrogens is 326 g/mol. The summed E-state index contributed by atoms with van der Waals surface area (Å²) in [6.45, 7) is 4.61. The van der Waals surface area contributed by atoms with Crippen molar-refractivity contribution < 1.29 is 4.74 Å². The van der Waals surface area contributed by atoms with E-state index in [-0.39, 0.29) is 0 Å². The molecular formula is C20H23N5O. The van der Waals surface area contributed by atoms with Crippen molar-refractivity contribution in [1.82, 2.24) is 15.0 Å². The van der Waals surface area contributed by atoms with Gasteiger partial charge in [-0.2, -0.15) is 5.26 Å². The molecule has 4 rings (SSSR count). The Balaban J connectivity index is 1.34. The van der Waals surface area contributed by atoms with Gasteiger partial charge in [0.1, 0.15) is 23.3 Å². The zero-order valence-electron chi connectivity index (χ0n) is 15.1. The molecule has 134 valence electrons. The van der Waals surface area contributed by atoms with Gasteiger partial charge in [0.2, 0.25) is 5.88 Å². The number of ether oxygens (including phenoxy) is 1. The first-order valence-electron chi connectivity index (χ1n) is 9.31. The molecule has 6 nitrogen and oxygen atoms in total. The van der Waals surface area contributed by atoms with Crippen molar-refractivity contribution in [3.8, 4) is 11.9 Å². The molecule has 2 aromatic rings. The minimum atomic E-state index is 0.443. The van der Waals surface area contributed by atoms with Crippen LogP contribution in [0.1, 0.15) is 48.7 Å². The first kappa shape index (κ1) is 16.8. The number of aromatic nitrogens is 3. The highest BCUT2D eigenvalue weighted by Crippen LogP contribution is 2.38. The predicted octanol–water partition coefficient (Wildman–Crippen LogP) is 3.22. The van der Waals surface area contributed by atoms with Crippen LogP contribution in [0.3, 0.4) is 0 Å². The van der Waals surface area contributed by atoms with Gasteiger partial charge in [0.15, 0.2) is 0 Å². The fourth-order valence-corrected chi connectivity index (χ4v) is 3.38. The van der Waals surface area contributed by atoms with Crippen LogP contribution >= 0.6 is 0 Å². The van der Waals surface area contributed by atoms with Gasteiger partial charge in [-0.1, -0.05) is 0 Å². The van der Waals surface area contributed by atoms with E-state index in [2.05, 4.69) is 33.9 Å². The smallest absolute Gasteiger partial charge is 0.231 e. The zero-order valence-corrected chi connectivity index (χ0v) is 15.1. The minimum absolute atomic E-state index is 0.443. The lowest BCUT2D eigenvalue weighted by Crippen LogP contribution is -2.36. The van der Waals surface area contributed by atoms with Crippen molar-refractivity contribution in [1.29, 1.82) is 5.26 Å². The van der Waals surface area contributed by atoms with Crippen LogP contribution in [-0.4, -0.2) is 34.6 Å². The summed E-state index contributed by atoms with van der Waals surface area (Å²) >= 11 is 0. The molecule has 0 radical (unpaired) electrons. The average molecular weight is 349 g/mol. The van der Waals surface area contributed by atoms with Crippen LogP contribution in [-0.2, 0) is 0 Å². The third kappa shape index (κ3) is 3.77. The van der Waals surface area contributed by atoms with Gasteiger partial charge in [-0.15, -0.1) is 0 Å². The highest BCUT2D eigenvalue weighted by atomic mass is 16.5. The van der Waals surface area contributed by atoms with Gasteiger partial charge < -0.3 is 9.64 Å². The Bertz CT molecular complexity index is 819. The Morgan fingerprint density at radius 2 is 2.04 bits per heavy atom. The Labute approximate surface area is 153 Å². The number of hydrogen-bond acceptors (Lipinski definition) is 6. The number of anilines is 1. The number of aryl methyl sites for hydroxylation is 1. The Hall–Kier alpha value is -2.68. The maximum absolute atomic E-state index is 9.12. The number of pyridine rings is 1. The van der Waals surface area contributed by atoms with Gasteiger partial charge in [-0.25, -0.2) is 15.0 Å². The molecule has 0 bridgehead atoms. The molecule has 1 aliphatic heterocycles. The Kier molecular flexibility index (Phi) is 4.70. The van der Waals surface area contributed by atoms with E-state index in [1.807, 2.05) is 0 Å². The fourth-order valence-electron chi connectivity index (χ4n) is 3.38. The molecule has 1 saturated carbocycles. The maximum atomic E-state index is 9.12. The summed E-state index contributed by atoms with van der Waals surface area (Å²) in [4.78, 5) is 15.9. The summed E-state index contributed by atoms with van der Waals surface area (Å²) in [5.74, 6) is 3.58. The molecule has 1 saturated heterocycles.